The Balaban J connectivity index is 2.38. The average molecular weight is 524 g/mol. The lowest BCUT2D eigenvalue weighted by atomic mass is 10.1. The lowest BCUT2D eigenvalue weighted by Crippen LogP contribution is -2.52. The first-order valence-electron chi connectivity index (χ1n) is 10.5. The third-order valence-electron chi connectivity index (χ3n) is 4.92. The van der Waals surface area contributed by atoms with Crippen LogP contribution in [0.25, 0.3) is 0 Å². The normalized spacial score (nSPS) is 12.1. The molecule has 0 radical (unpaired) electrons. The van der Waals surface area contributed by atoms with Gasteiger partial charge in [0.05, 0.1) is 11.9 Å². The van der Waals surface area contributed by atoms with Crippen molar-refractivity contribution < 1.29 is 18.0 Å². The second kappa shape index (κ2) is 12.0. The van der Waals surface area contributed by atoms with Gasteiger partial charge in [0.15, 0.2) is 0 Å². The van der Waals surface area contributed by atoms with E-state index in [1.807, 2.05) is 44.2 Å². The van der Waals surface area contributed by atoms with E-state index in [1.165, 1.54) is 4.90 Å². The van der Waals surface area contributed by atoms with Crippen LogP contribution in [0.1, 0.15) is 32.3 Å². The van der Waals surface area contributed by atoms with Crippen LogP contribution in [-0.4, -0.2) is 50.5 Å². The van der Waals surface area contributed by atoms with E-state index in [2.05, 4.69) is 21.2 Å². The van der Waals surface area contributed by atoms with Crippen LogP contribution in [0.2, 0.25) is 0 Å². The molecule has 0 aliphatic carbocycles. The first-order chi connectivity index (χ1) is 15.2. The highest BCUT2D eigenvalue weighted by Crippen LogP contribution is 2.22. The fourth-order valence-electron chi connectivity index (χ4n) is 3.29. The van der Waals surface area contributed by atoms with Gasteiger partial charge in [-0.2, -0.15) is 0 Å². The molecule has 1 atom stereocenters. The maximum absolute atomic E-state index is 13.5. The second-order valence-electron chi connectivity index (χ2n) is 7.47. The van der Waals surface area contributed by atoms with Crippen molar-refractivity contribution in [2.24, 2.45) is 0 Å². The third kappa shape index (κ3) is 7.34. The Labute approximate surface area is 199 Å². The Kier molecular flexibility index (Phi) is 9.71. The van der Waals surface area contributed by atoms with Gasteiger partial charge in [-0.25, -0.2) is 8.42 Å². The van der Waals surface area contributed by atoms with Crippen LogP contribution < -0.4 is 9.62 Å². The Bertz CT molecular complexity index is 998. The fraction of sp³-hybridized carbons (Fsp3) is 0.391. The summed E-state index contributed by atoms with van der Waals surface area (Å²) in [5, 5.41) is 2.86. The van der Waals surface area contributed by atoms with E-state index in [4.69, 9.17) is 0 Å². The molecule has 174 valence electrons. The van der Waals surface area contributed by atoms with Gasteiger partial charge >= 0.3 is 0 Å². The van der Waals surface area contributed by atoms with Crippen molar-refractivity contribution in [2.75, 3.05) is 23.7 Å². The number of nitrogens with zero attached hydrogens (tertiary/aromatic N) is 2. The standard InChI is InChI=1S/C23H30BrN3O4S/c1-4-15-25-23(29)21(5-2)26(16-18-9-7-6-8-10-18)22(28)17-27(32(3,30)31)20-13-11-19(24)12-14-20/h6-14,21H,4-5,15-17H2,1-3H3,(H,25,29). The minimum atomic E-state index is -3.73. The van der Waals surface area contributed by atoms with Crippen molar-refractivity contribution in [1.29, 1.82) is 0 Å². The summed E-state index contributed by atoms with van der Waals surface area (Å²) in [6.07, 6.45) is 2.25. The van der Waals surface area contributed by atoms with Gasteiger partial charge < -0.3 is 10.2 Å². The largest absolute Gasteiger partial charge is 0.354 e. The molecule has 1 N–H and O–H groups in total. The Morgan fingerprint density at radius 3 is 2.19 bits per heavy atom. The minimum Gasteiger partial charge on any atom is -0.354 e. The van der Waals surface area contributed by atoms with Crippen LogP contribution in [0, 0.1) is 0 Å². The van der Waals surface area contributed by atoms with Crippen molar-refractivity contribution in [3.8, 4) is 0 Å². The summed E-state index contributed by atoms with van der Waals surface area (Å²) in [4.78, 5) is 27.7. The van der Waals surface area contributed by atoms with Crippen molar-refractivity contribution >= 4 is 43.5 Å². The summed E-state index contributed by atoms with van der Waals surface area (Å²) in [7, 11) is -3.73. The molecular weight excluding hydrogens is 494 g/mol. The zero-order chi connectivity index (χ0) is 23.7. The summed E-state index contributed by atoms with van der Waals surface area (Å²) < 4.78 is 26.9. The van der Waals surface area contributed by atoms with Crippen molar-refractivity contribution in [2.45, 2.75) is 39.3 Å². The van der Waals surface area contributed by atoms with E-state index in [0.717, 1.165) is 27.0 Å². The monoisotopic (exact) mass is 523 g/mol. The highest BCUT2D eigenvalue weighted by atomic mass is 79.9. The highest BCUT2D eigenvalue weighted by molar-refractivity contribution is 9.10. The molecule has 0 saturated carbocycles. The summed E-state index contributed by atoms with van der Waals surface area (Å²) in [5.41, 5.74) is 1.24. The van der Waals surface area contributed by atoms with Crippen LogP contribution in [0.15, 0.2) is 59.1 Å². The molecule has 0 fully saturated rings. The van der Waals surface area contributed by atoms with E-state index in [0.29, 0.717) is 18.7 Å². The van der Waals surface area contributed by atoms with Gasteiger partial charge in [-0.1, -0.05) is 60.1 Å². The zero-order valence-corrected chi connectivity index (χ0v) is 21.0. The number of sulfonamides is 1. The molecular formula is C23H30BrN3O4S. The van der Waals surface area contributed by atoms with Gasteiger partial charge in [0, 0.05) is 17.6 Å². The summed E-state index contributed by atoms with van der Waals surface area (Å²) in [6.45, 7) is 4.11. The number of benzene rings is 2. The van der Waals surface area contributed by atoms with E-state index < -0.39 is 28.5 Å². The van der Waals surface area contributed by atoms with Gasteiger partial charge in [-0.05, 0) is 42.7 Å². The number of hydrogen-bond acceptors (Lipinski definition) is 4. The van der Waals surface area contributed by atoms with Crippen LogP contribution in [0.4, 0.5) is 5.69 Å². The number of halogens is 1. The van der Waals surface area contributed by atoms with Crippen LogP contribution >= 0.6 is 15.9 Å². The molecule has 0 heterocycles. The van der Waals surface area contributed by atoms with Crippen molar-refractivity contribution in [1.82, 2.24) is 10.2 Å². The molecule has 9 heteroatoms. The van der Waals surface area contributed by atoms with Crippen molar-refractivity contribution in [3.05, 3.63) is 64.6 Å². The smallest absolute Gasteiger partial charge is 0.244 e. The maximum atomic E-state index is 13.5. The predicted molar refractivity (Wildman–Crippen MR) is 131 cm³/mol. The quantitative estimate of drug-likeness (QED) is 0.487. The highest BCUT2D eigenvalue weighted by Gasteiger charge is 2.31. The van der Waals surface area contributed by atoms with Crippen LogP contribution in [-0.2, 0) is 26.2 Å². The number of amides is 2. The molecule has 2 aromatic carbocycles. The number of rotatable bonds is 11. The lowest BCUT2D eigenvalue weighted by Gasteiger charge is -2.32. The van der Waals surface area contributed by atoms with Gasteiger partial charge in [0.25, 0.3) is 0 Å². The van der Waals surface area contributed by atoms with Crippen LogP contribution in [0.3, 0.4) is 0 Å². The SMILES string of the molecule is CCCNC(=O)C(CC)N(Cc1ccccc1)C(=O)CN(c1ccc(Br)cc1)S(C)(=O)=O. The molecule has 7 nitrogen and oxygen atoms in total. The molecule has 0 aliphatic heterocycles. The molecule has 0 aromatic heterocycles. The van der Waals surface area contributed by atoms with E-state index in [9.17, 15) is 18.0 Å². The molecule has 0 bridgehead atoms. The third-order valence-corrected chi connectivity index (χ3v) is 6.59. The molecule has 0 aliphatic rings. The predicted octanol–water partition coefficient (Wildman–Crippen LogP) is 3.55. The molecule has 2 rings (SSSR count). The topological polar surface area (TPSA) is 86.8 Å². The summed E-state index contributed by atoms with van der Waals surface area (Å²) >= 11 is 3.33. The Morgan fingerprint density at radius 2 is 1.66 bits per heavy atom. The molecule has 2 aromatic rings. The average Bonchev–Trinajstić information content (AvgIpc) is 2.76. The fourth-order valence-corrected chi connectivity index (χ4v) is 4.40. The van der Waals surface area contributed by atoms with Crippen LogP contribution in [0.5, 0.6) is 0 Å². The zero-order valence-electron chi connectivity index (χ0n) is 18.6. The Hall–Kier alpha value is -2.39. The second-order valence-corrected chi connectivity index (χ2v) is 10.3. The number of nitrogens with one attached hydrogen (secondary N) is 1. The molecule has 0 saturated heterocycles. The van der Waals surface area contributed by atoms with E-state index in [-0.39, 0.29) is 12.5 Å². The molecule has 32 heavy (non-hydrogen) atoms. The van der Waals surface area contributed by atoms with Gasteiger partial charge in [0.2, 0.25) is 21.8 Å². The lowest BCUT2D eigenvalue weighted by molar-refractivity contribution is -0.140. The number of hydrogen-bond donors (Lipinski definition) is 1. The molecule has 2 amide bonds. The molecule has 1 unspecified atom stereocenters. The Morgan fingerprint density at radius 1 is 1.03 bits per heavy atom. The molecule has 0 spiro atoms. The number of carbonyl (C=O) groups excluding carboxylic acids is 2. The van der Waals surface area contributed by atoms with Gasteiger partial charge in [0.1, 0.15) is 12.6 Å². The maximum Gasteiger partial charge on any atom is 0.244 e. The first-order valence-corrected chi connectivity index (χ1v) is 13.2. The summed E-state index contributed by atoms with van der Waals surface area (Å²) in [6, 6.07) is 15.3. The van der Waals surface area contributed by atoms with E-state index >= 15 is 0 Å². The van der Waals surface area contributed by atoms with Gasteiger partial charge in [-0.3, -0.25) is 13.9 Å². The first kappa shape index (κ1) is 25.9. The van der Waals surface area contributed by atoms with Crippen molar-refractivity contribution in [3.63, 3.8) is 0 Å². The van der Waals surface area contributed by atoms with E-state index in [1.54, 1.807) is 24.3 Å². The number of anilines is 1. The summed E-state index contributed by atoms with van der Waals surface area (Å²) in [5.74, 6) is -0.686. The minimum absolute atomic E-state index is 0.204. The number of carbonyl (C=O) groups is 2. The van der Waals surface area contributed by atoms with Gasteiger partial charge in [-0.15, -0.1) is 0 Å².